The predicted molar refractivity (Wildman–Crippen MR) is 238 cm³/mol. The number of nitriles is 1. The van der Waals surface area contributed by atoms with Crippen molar-refractivity contribution in [3.8, 4) is 28.7 Å². The lowest BCUT2D eigenvalue weighted by Gasteiger charge is -2.34. The number of carbonyl (C=O) groups excluding carboxylic acids is 5. The monoisotopic (exact) mass is 860 g/mol. The van der Waals surface area contributed by atoms with Crippen LogP contribution in [0.1, 0.15) is 114 Å². The summed E-state index contributed by atoms with van der Waals surface area (Å²) in [6.07, 6.45) is 13.2. The molecule has 0 aliphatic carbocycles. The molecule has 2 aromatic carbocycles. The van der Waals surface area contributed by atoms with Gasteiger partial charge in [0.25, 0.3) is 0 Å². The van der Waals surface area contributed by atoms with E-state index in [9.17, 15) is 24.0 Å². The molecule has 0 radical (unpaired) electrons. The molecule has 0 saturated carbocycles. The Kier molecular flexibility index (Phi) is 20.4. The number of amides is 5. The van der Waals surface area contributed by atoms with E-state index in [1.807, 2.05) is 6.07 Å². The van der Waals surface area contributed by atoms with Crippen molar-refractivity contribution in [2.45, 2.75) is 134 Å². The highest BCUT2D eigenvalue weighted by atomic mass is 16.5. The van der Waals surface area contributed by atoms with Gasteiger partial charge in [-0.3, -0.25) is 24.0 Å². The molecule has 0 aromatic heterocycles. The van der Waals surface area contributed by atoms with Crippen LogP contribution in [0.2, 0.25) is 0 Å². The SMILES string of the molecule is CCCCCCCCCCCCCC(=O)N1CC(N)CC1C(=O)N(C)C1C(=O)NC(C)C(=O)NC(C(=O)NCC#N)Cc2ccc(OCCN)c(c2)-c2cc1ccc2OCCN. The predicted octanol–water partition coefficient (Wildman–Crippen LogP) is 3.34. The van der Waals surface area contributed by atoms with E-state index in [2.05, 4.69) is 22.9 Å². The number of fused-ring (bicyclic) bond motifs is 5. The third kappa shape index (κ3) is 14.1. The number of likely N-dealkylation sites (N-methyl/N-ethyl adjacent to an activating group) is 1. The van der Waals surface area contributed by atoms with Crippen molar-refractivity contribution < 1.29 is 33.4 Å². The third-order valence-electron chi connectivity index (χ3n) is 11.5. The molecule has 1 saturated heterocycles. The fourth-order valence-corrected chi connectivity index (χ4v) is 8.16. The van der Waals surface area contributed by atoms with Crippen molar-refractivity contribution in [3.05, 3.63) is 47.5 Å². The van der Waals surface area contributed by atoms with Crippen molar-refractivity contribution in [3.63, 3.8) is 0 Å². The minimum absolute atomic E-state index is 0.0321. The summed E-state index contributed by atoms with van der Waals surface area (Å²) < 4.78 is 12.2. The molecule has 2 aromatic rings. The lowest BCUT2D eigenvalue weighted by atomic mass is 9.93. The van der Waals surface area contributed by atoms with Gasteiger partial charge in [-0.05, 0) is 55.2 Å². The number of hydrogen-bond acceptors (Lipinski definition) is 11. The Balaban J connectivity index is 1.66. The first-order chi connectivity index (χ1) is 29.9. The highest BCUT2D eigenvalue weighted by Crippen LogP contribution is 2.40. The molecule has 2 aliphatic rings. The number of carbonyl (C=O) groups is 5. The van der Waals surface area contributed by atoms with Gasteiger partial charge in [0.05, 0.1) is 6.07 Å². The van der Waals surface area contributed by atoms with E-state index in [-0.39, 0.29) is 58.1 Å². The molecule has 62 heavy (non-hydrogen) atoms. The molecular formula is C46H69N9O7. The summed E-state index contributed by atoms with van der Waals surface area (Å²) in [6.45, 7) is 4.43. The Labute approximate surface area is 367 Å². The van der Waals surface area contributed by atoms with Gasteiger partial charge in [-0.25, -0.2) is 0 Å². The van der Waals surface area contributed by atoms with Crippen LogP contribution in [0.5, 0.6) is 11.5 Å². The van der Waals surface area contributed by atoms with Gasteiger partial charge in [-0.2, -0.15) is 5.26 Å². The molecule has 4 rings (SSSR count). The summed E-state index contributed by atoms with van der Waals surface area (Å²) in [5.41, 5.74) is 20.1. The molecule has 16 nitrogen and oxygen atoms in total. The number of likely N-dealkylation sites (tertiary alicyclic amines) is 1. The van der Waals surface area contributed by atoms with Crippen LogP contribution in [0.25, 0.3) is 11.1 Å². The standard InChI is InChI=1S/C46H69N9O7/c1-4-5-6-7-8-9-10-11-12-13-14-15-41(56)55-30-34(50)29-38(55)46(60)54(3)42-33-17-19-40(62-25-22-49)36(28-33)35-26-32(16-18-39(35)61-24-21-48)27-37(44(58)51-23-20-47)53-43(57)31(2)52-45(42)59/h16-19,26,28,31,34,37-38,42H,4-15,21-25,27,29-30,48-50H2,1-3H3,(H,51,58)(H,52,59)(H,53,57). The first-order valence-electron chi connectivity index (χ1n) is 22.4. The van der Waals surface area contributed by atoms with Crippen LogP contribution in [-0.4, -0.2) is 110 Å². The number of nitrogens with zero attached hydrogens (tertiary/aromatic N) is 3. The van der Waals surface area contributed by atoms with Gasteiger partial charge in [-0.1, -0.05) is 83.3 Å². The third-order valence-corrected chi connectivity index (χ3v) is 11.5. The zero-order chi connectivity index (χ0) is 45.0. The van der Waals surface area contributed by atoms with Crippen LogP contribution < -0.4 is 42.6 Å². The Bertz CT molecular complexity index is 1850. The number of unbranched alkanes of at least 4 members (excludes halogenated alkanes) is 10. The quantitative estimate of drug-likeness (QED) is 0.0740. The highest BCUT2D eigenvalue weighted by molar-refractivity contribution is 5.96. The first-order valence-corrected chi connectivity index (χ1v) is 22.4. The van der Waals surface area contributed by atoms with Crippen LogP contribution >= 0.6 is 0 Å². The molecule has 5 unspecified atom stereocenters. The van der Waals surface area contributed by atoms with Crippen LogP contribution in [-0.2, 0) is 30.4 Å². The maximum atomic E-state index is 14.6. The Morgan fingerprint density at radius 1 is 0.871 bits per heavy atom. The van der Waals surface area contributed by atoms with Crippen LogP contribution in [0.3, 0.4) is 0 Å². The molecule has 5 amide bonds. The molecule has 16 heteroatoms. The molecule has 4 bridgehead atoms. The van der Waals surface area contributed by atoms with Crippen molar-refractivity contribution >= 4 is 29.5 Å². The highest BCUT2D eigenvalue weighted by Gasteiger charge is 2.42. The number of hydrogen-bond donors (Lipinski definition) is 6. The van der Waals surface area contributed by atoms with E-state index in [1.165, 1.54) is 63.8 Å². The summed E-state index contributed by atoms with van der Waals surface area (Å²) in [7, 11) is 1.50. The number of benzene rings is 2. The van der Waals surface area contributed by atoms with Crippen molar-refractivity contribution in [2.24, 2.45) is 17.2 Å². The molecular weight excluding hydrogens is 791 g/mol. The molecule has 2 heterocycles. The summed E-state index contributed by atoms with van der Waals surface area (Å²) >= 11 is 0. The van der Waals surface area contributed by atoms with Crippen LogP contribution in [0.15, 0.2) is 36.4 Å². The topological polar surface area (TPSA) is 248 Å². The molecule has 1 fully saturated rings. The second-order valence-corrected chi connectivity index (χ2v) is 16.4. The summed E-state index contributed by atoms with van der Waals surface area (Å²) in [5, 5.41) is 17.1. The minimum atomic E-state index is -1.30. The maximum Gasteiger partial charge on any atom is 0.248 e. The largest absolute Gasteiger partial charge is 0.492 e. The van der Waals surface area contributed by atoms with E-state index in [1.54, 1.807) is 41.3 Å². The Morgan fingerprint density at radius 2 is 1.47 bits per heavy atom. The van der Waals surface area contributed by atoms with Crippen molar-refractivity contribution in [2.75, 3.05) is 46.4 Å². The zero-order valence-corrected chi connectivity index (χ0v) is 36.9. The van der Waals surface area contributed by atoms with E-state index in [0.29, 0.717) is 46.6 Å². The average Bonchev–Trinajstić information content (AvgIpc) is 3.66. The van der Waals surface area contributed by atoms with E-state index >= 15 is 0 Å². The van der Waals surface area contributed by atoms with Gasteiger partial charge in [0.1, 0.15) is 55.4 Å². The molecule has 0 spiro atoms. The fourth-order valence-electron chi connectivity index (χ4n) is 8.16. The lowest BCUT2D eigenvalue weighted by molar-refractivity contribution is -0.147. The lowest BCUT2D eigenvalue weighted by Crippen LogP contribution is -2.55. The molecule has 2 aliphatic heterocycles. The molecule has 5 atom stereocenters. The average molecular weight is 860 g/mol. The molecule has 340 valence electrons. The number of rotatable bonds is 22. The van der Waals surface area contributed by atoms with E-state index in [0.717, 1.165) is 19.3 Å². The molecule has 9 N–H and O–H groups in total. The maximum absolute atomic E-state index is 14.6. The smallest absolute Gasteiger partial charge is 0.248 e. The number of nitrogens with one attached hydrogen (secondary N) is 3. The van der Waals surface area contributed by atoms with Gasteiger partial charge in [0, 0.05) is 56.7 Å². The van der Waals surface area contributed by atoms with Gasteiger partial charge in [0.15, 0.2) is 0 Å². The summed E-state index contributed by atoms with van der Waals surface area (Å²) in [4.78, 5) is 72.7. The zero-order valence-electron chi connectivity index (χ0n) is 36.9. The van der Waals surface area contributed by atoms with E-state index in [4.69, 9.17) is 31.9 Å². The fraction of sp³-hybridized carbons (Fsp3) is 0.609. The second-order valence-electron chi connectivity index (χ2n) is 16.4. The van der Waals surface area contributed by atoms with Gasteiger partial charge < -0.3 is 52.4 Å². The second kappa shape index (κ2) is 25.6. The van der Waals surface area contributed by atoms with Gasteiger partial charge in [0.2, 0.25) is 29.5 Å². The Hall–Kier alpha value is -5.24. The van der Waals surface area contributed by atoms with Crippen LogP contribution in [0.4, 0.5) is 0 Å². The number of nitrogens with two attached hydrogens (primary N) is 3. The minimum Gasteiger partial charge on any atom is -0.492 e. The first kappa shape index (κ1) is 49.4. The summed E-state index contributed by atoms with van der Waals surface area (Å²) in [6, 6.07) is 7.37. The normalized spacial score (nSPS) is 20.0. The Morgan fingerprint density at radius 3 is 2.08 bits per heavy atom. The van der Waals surface area contributed by atoms with Crippen molar-refractivity contribution in [1.29, 1.82) is 5.26 Å². The summed E-state index contributed by atoms with van der Waals surface area (Å²) in [5.74, 6) is -1.70. The van der Waals surface area contributed by atoms with E-state index < -0.39 is 53.8 Å². The number of ether oxygens (including phenoxy) is 2. The van der Waals surface area contributed by atoms with Gasteiger partial charge in [-0.15, -0.1) is 0 Å². The van der Waals surface area contributed by atoms with Crippen LogP contribution in [0, 0.1) is 11.3 Å². The van der Waals surface area contributed by atoms with Crippen molar-refractivity contribution in [1.82, 2.24) is 25.8 Å². The van der Waals surface area contributed by atoms with Gasteiger partial charge >= 0.3 is 0 Å².